The van der Waals surface area contributed by atoms with Gasteiger partial charge < -0.3 is 20.3 Å². The van der Waals surface area contributed by atoms with Gasteiger partial charge in [-0.2, -0.15) is 0 Å². The standard InChI is InChI=1S/C19H30N4O2/c1-4-18(24)23-12-10-16(14-23)22-19(20-5-2)21-11-13-25-17-9-7-6-8-15(17)3/h6-9,16H,4-5,10-14H2,1-3H3,(H2,20,21,22). The molecule has 1 saturated heterocycles. The quantitative estimate of drug-likeness (QED) is 0.450. The molecule has 25 heavy (non-hydrogen) atoms. The largest absolute Gasteiger partial charge is 0.491 e. The van der Waals surface area contributed by atoms with Crippen LogP contribution in [-0.2, 0) is 4.79 Å². The van der Waals surface area contributed by atoms with E-state index in [-0.39, 0.29) is 11.9 Å². The summed E-state index contributed by atoms with van der Waals surface area (Å²) in [5.41, 5.74) is 1.13. The third-order valence-corrected chi connectivity index (χ3v) is 4.24. The van der Waals surface area contributed by atoms with Crippen LogP contribution in [0.5, 0.6) is 5.75 Å². The van der Waals surface area contributed by atoms with Gasteiger partial charge in [-0.1, -0.05) is 25.1 Å². The van der Waals surface area contributed by atoms with Gasteiger partial charge in [0.25, 0.3) is 0 Å². The van der Waals surface area contributed by atoms with Crippen molar-refractivity contribution >= 4 is 11.9 Å². The lowest BCUT2D eigenvalue weighted by Gasteiger charge is -2.18. The Morgan fingerprint density at radius 1 is 1.36 bits per heavy atom. The molecule has 0 saturated carbocycles. The summed E-state index contributed by atoms with van der Waals surface area (Å²) in [6.45, 7) is 9.46. The molecule has 2 rings (SSSR count). The van der Waals surface area contributed by atoms with Crippen LogP contribution in [0.4, 0.5) is 0 Å². The normalized spacial score (nSPS) is 17.5. The Morgan fingerprint density at radius 3 is 2.88 bits per heavy atom. The van der Waals surface area contributed by atoms with E-state index < -0.39 is 0 Å². The Labute approximate surface area is 150 Å². The third kappa shape index (κ3) is 5.96. The van der Waals surface area contributed by atoms with Crippen molar-refractivity contribution in [1.82, 2.24) is 15.5 Å². The first kappa shape index (κ1) is 19.1. The third-order valence-electron chi connectivity index (χ3n) is 4.24. The van der Waals surface area contributed by atoms with Gasteiger partial charge in [-0.25, -0.2) is 4.99 Å². The number of hydrogen-bond donors (Lipinski definition) is 2. The maximum Gasteiger partial charge on any atom is 0.222 e. The number of likely N-dealkylation sites (tertiary alicyclic amines) is 1. The van der Waals surface area contributed by atoms with Gasteiger partial charge in [-0.3, -0.25) is 4.79 Å². The van der Waals surface area contributed by atoms with Crippen LogP contribution in [0.3, 0.4) is 0 Å². The van der Waals surface area contributed by atoms with Crippen LogP contribution >= 0.6 is 0 Å². The molecule has 1 aliphatic heterocycles. The summed E-state index contributed by atoms with van der Waals surface area (Å²) < 4.78 is 5.78. The predicted molar refractivity (Wildman–Crippen MR) is 101 cm³/mol. The van der Waals surface area contributed by atoms with Gasteiger partial charge in [0.1, 0.15) is 12.4 Å². The van der Waals surface area contributed by atoms with Crippen LogP contribution in [0.15, 0.2) is 29.3 Å². The van der Waals surface area contributed by atoms with Crippen LogP contribution in [0.2, 0.25) is 0 Å². The molecule has 0 aromatic heterocycles. The van der Waals surface area contributed by atoms with Crippen molar-refractivity contribution in [1.29, 1.82) is 0 Å². The van der Waals surface area contributed by atoms with Crippen LogP contribution in [0.1, 0.15) is 32.3 Å². The lowest BCUT2D eigenvalue weighted by molar-refractivity contribution is -0.129. The number of guanidine groups is 1. The molecule has 0 spiro atoms. The molecule has 1 aromatic carbocycles. The molecular formula is C19H30N4O2. The first-order valence-corrected chi connectivity index (χ1v) is 9.15. The number of nitrogens with one attached hydrogen (secondary N) is 2. The topological polar surface area (TPSA) is 66.0 Å². The first-order valence-electron chi connectivity index (χ1n) is 9.15. The minimum Gasteiger partial charge on any atom is -0.491 e. The highest BCUT2D eigenvalue weighted by Crippen LogP contribution is 2.15. The Kier molecular flexibility index (Phi) is 7.57. The maximum absolute atomic E-state index is 11.8. The summed E-state index contributed by atoms with van der Waals surface area (Å²) in [7, 11) is 0. The van der Waals surface area contributed by atoms with Gasteiger partial charge >= 0.3 is 0 Å². The molecule has 0 bridgehead atoms. The second kappa shape index (κ2) is 9.91. The molecule has 1 aliphatic rings. The van der Waals surface area contributed by atoms with Gasteiger partial charge in [0.05, 0.1) is 6.54 Å². The number of aliphatic imine (C=N–C) groups is 1. The summed E-state index contributed by atoms with van der Waals surface area (Å²) >= 11 is 0. The fourth-order valence-corrected chi connectivity index (χ4v) is 2.87. The van der Waals surface area contributed by atoms with Gasteiger partial charge in [0.15, 0.2) is 5.96 Å². The molecule has 2 N–H and O–H groups in total. The number of para-hydroxylation sites is 1. The minimum atomic E-state index is 0.220. The van der Waals surface area contributed by atoms with E-state index in [2.05, 4.69) is 15.6 Å². The molecule has 1 unspecified atom stereocenters. The van der Waals surface area contributed by atoms with Crippen molar-refractivity contribution in [3.63, 3.8) is 0 Å². The number of benzene rings is 1. The SMILES string of the molecule is CCNC(=NCCOc1ccccc1C)NC1CCN(C(=O)CC)C1. The van der Waals surface area contributed by atoms with Crippen molar-refractivity contribution in [2.45, 2.75) is 39.7 Å². The number of carbonyl (C=O) groups excluding carboxylic acids is 1. The fourth-order valence-electron chi connectivity index (χ4n) is 2.87. The van der Waals surface area contributed by atoms with Crippen molar-refractivity contribution in [3.05, 3.63) is 29.8 Å². The predicted octanol–water partition coefficient (Wildman–Crippen LogP) is 1.94. The van der Waals surface area contributed by atoms with E-state index in [0.717, 1.165) is 43.3 Å². The highest BCUT2D eigenvalue weighted by atomic mass is 16.5. The number of hydrogen-bond acceptors (Lipinski definition) is 3. The lowest BCUT2D eigenvalue weighted by Crippen LogP contribution is -2.45. The number of aryl methyl sites for hydroxylation is 1. The molecule has 138 valence electrons. The second-order valence-corrected chi connectivity index (χ2v) is 6.20. The van der Waals surface area contributed by atoms with E-state index in [4.69, 9.17) is 4.74 Å². The van der Waals surface area contributed by atoms with Gasteiger partial charge in [-0.05, 0) is 31.9 Å². The second-order valence-electron chi connectivity index (χ2n) is 6.20. The maximum atomic E-state index is 11.8. The highest BCUT2D eigenvalue weighted by Gasteiger charge is 2.25. The average molecular weight is 346 g/mol. The monoisotopic (exact) mass is 346 g/mol. The molecule has 6 heteroatoms. The zero-order valence-corrected chi connectivity index (χ0v) is 15.5. The first-order chi connectivity index (χ1) is 12.1. The van der Waals surface area contributed by atoms with Crippen molar-refractivity contribution in [2.75, 3.05) is 32.8 Å². The molecule has 6 nitrogen and oxygen atoms in total. The van der Waals surface area contributed by atoms with Crippen molar-refractivity contribution in [3.8, 4) is 5.75 Å². The minimum absolute atomic E-state index is 0.220. The van der Waals surface area contributed by atoms with Crippen molar-refractivity contribution < 1.29 is 9.53 Å². The van der Waals surface area contributed by atoms with Gasteiger partial charge in [0, 0.05) is 32.1 Å². The van der Waals surface area contributed by atoms with E-state index in [0.29, 0.717) is 19.6 Å². The number of amides is 1. The summed E-state index contributed by atoms with van der Waals surface area (Å²) in [4.78, 5) is 18.3. The molecular weight excluding hydrogens is 316 g/mol. The Bertz CT molecular complexity index is 589. The Balaban J connectivity index is 1.80. The Morgan fingerprint density at radius 2 is 2.16 bits per heavy atom. The number of carbonyl (C=O) groups is 1. The van der Waals surface area contributed by atoms with E-state index in [1.165, 1.54) is 0 Å². The van der Waals surface area contributed by atoms with E-state index >= 15 is 0 Å². The molecule has 0 radical (unpaired) electrons. The molecule has 0 aliphatic carbocycles. The number of ether oxygens (including phenoxy) is 1. The average Bonchev–Trinajstić information content (AvgIpc) is 3.08. The summed E-state index contributed by atoms with van der Waals surface area (Å²) in [5.74, 6) is 1.91. The fraction of sp³-hybridized carbons (Fsp3) is 0.579. The zero-order valence-electron chi connectivity index (χ0n) is 15.5. The molecule has 1 fully saturated rings. The molecule has 1 aromatic rings. The molecule has 1 amide bonds. The zero-order chi connectivity index (χ0) is 18.1. The van der Waals surface area contributed by atoms with Gasteiger partial charge in [0.2, 0.25) is 5.91 Å². The number of rotatable bonds is 7. The van der Waals surface area contributed by atoms with Gasteiger partial charge in [-0.15, -0.1) is 0 Å². The Hall–Kier alpha value is -2.24. The van der Waals surface area contributed by atoms with Crippen molar-refractivity contribution in [2.24, 2.45) is 4.99 Å². The van der Waals surface area contributed by atoms with E-state index in [1.54, 1.807) is 0 Å². The summed E-state index contributed by atoms with van der Waals surface area (Å²) in [6, 6.07) is 8.24. The summed E-state index contributed by atoms with van der Waals surface area (Å²) in [5, 5.41) is 6.68. The molecule has 1 heterocycles. The number of nitrogens with zero attached hydrogens (tertiary/aromatic N) is 2. The smallest absolute Gasteiger partial charge is 0.222 e. The van der Waals surface area contributed by atoms with Crippen LogP contribution in [-0.4, -0.2) is 55.6 Å². The summed E-state index contributed by atoms with van der Waals surface area (Å²) in [6.07, 6.45) is 1.52. The highest BCUT2D eigenvalue weighted by molar-refractivity contribution is 5.80. The van der Waals surface area contributed by atoms with E-state index in [9.17, 15) is 4.79 Å². The van der Waals surface area contributed by atoms with E-state index in [1.807, 2.05) is 49.9 Å². The lowest BCUT2D eigenvalue weighted by atomic mass is 10.2. The molecule has 1 atom stereocenters. The van der Waals surface area contributed by atoms with Crippen LogP contribution in [0, 0.1) is 6.92 Å². The van der Waals surface area contributed by atoms with Crippen LogP contribution in [0.25, 0.3) is 0 Å². The van der Waals surface area contributed by atoms with Crippen LogP contribution < -0.4 is 15.4 Å².